The number of amides is 1. The number of carbonyl (C=O) groups is 1. The Morgan fingerprint density at radius 1 is 1.36 bits per heavy atom. The van der Waals surface area contributed by atoms with Gasteiger partial charge < -0.3 is 9.64 Å². The van der Waals surface area contributed by atoms with Crippen LogP contribution in [0.1, 0.15) is 30.4 Å². The Morgan fingerprint density at radius 2 is 2.14 bits per heavy atom. The Balaban J connectivity index is 1.65. The minimum atomic E-state index is -0.303. The van der Waals surface area contributed by atoms with Gasteiger partial charge >= 0.3 is 0 Å². The molecule has 0 N–H and O–H groups in total. The van der Waals surface area contributed by atoms with E-state index in [9.17, 15) is 4.79 Å². The standard InChI is InChI=1S/C18H24N2O2/c1-19(2)17(21)16-9-18(12-22-16)15-6-4-3-5-14(15)11-20(18)10-13-7-8-13/h3-6,13,16H,7-12H2,1-2H3/t16-,18-/m1/s1. The van der Waals surface area contributed by atoms with E-state index in [2.05, 4.69) is 29.2 Å². The van der Waals surface area contributed by atoms with Gasteiger partial charge in [0.25, 0.3) is 5.91 Å². The summed E-state index contributed by atoms with van der Waals surface area (Å²) in [6, 6.07) is 8.69. The average molecular weight is 300 g/mol. The first kappa shape index (κ1) is 14.2. The van der Waals surface area contributed by atoms with Crippen molar-refractivity contribution in [3.05, 3.63) is 35.4 Å². The molecule has 1 amide bonds. The van der Waals surface area contributed by atoms with Crippen LogP contribution in [0.5, 0.6) is 0 Å². The number of likely N-dealkylation sites (N-methyl/N-ethyl adjacent to an activating group) is 1. The van der Waals surface area contributed by atoms with Gasteiger partial charge in [-0.3, -0.25) is 9.69 Å². The zero-order valence-corrected chi connectivity index (χ0v) is 13.4. The molecule has 4 rings (SSSR count). The second-order valence-electron chi connectivity index (χ2n) is 7.25. The van der Waals surface area contributed by atoms with Crippen LogP contribution >= 0.6 is 0 Å². The molecule has 1 saturated carbocycles. The Kier molecular flexibility index (Phi) is 3.27. The van der Waals surface area contributed by atoms with Crippen LogP contribution in [-0.4, -0.2) is 49.1 Å². The fraction of sp³-hybridized carbons (Fsp3) is 0.611. The summed E-state index contributed by atoms with van der Waals surface area (Å²) in [7, 11) is 3.61. The summed E-state index contributed by atoms with van der Waals surface area (Å²) < 4.78 is 5.97. The fourth-order valence-corrected chi connectivity index (χ4v) is 4.01. The monoisotopic (exact) mass is 300 g/mol. The van der Waals surface area contributed by atoms with E-state index >= 15 is 0 Å². The normalized spacial score (nSPS) is 30.7. The Labute approximate surface area is 132 Å². The average Bonchev–Trinajstić information content (AvgIpc) is 3.14. The quantitative estimate of drug-likeness (QED) is 0.856. The van der Waals surface area contributed by atoms with Crippen LogP contribution in [0.4, 0.5) is 0 Å². The maximum Gasteiger partial charge on any atom is 0.251 e. The van der Waals surface area contributed by atoms with Crippen molar-refractivity contribution < 1.29 is 9.53 Å². The van der Waals surface area contributed by atoms with E-state index in [4.69, 9.17) is 4.74 Å². The third kappa shape index (κ3) is 2.17. The van der Waals surface area contributed by atoms with Crippen LogP contribution in [0, 0.1) is 5.92 Å². The van der Waals surface area contributed by atoms with Crippen LogP contribution in [0.2, 0.25) is 0 Å². The van der Waals surface area contributed by atoms with Crippen molar-refractivity contribution in [1.82, 2.24) is 9.80 Å². The van der Waals surface area contributed by atoms with Crippen LogP contribution in [0.3, 0.4) is 0 Å². The summed E-state index contributed by atoms with van der Waals surface area (Å²) in [6.07, 6.45) is 3.18. The number of fused-ring (bicyclic) bond motifs is 2. The molecule has 1 aliphatic carbocycles. The second kappa shape index (κ2) is 5.07. The molecule has 2 aliphatic heterocycles. The third-order valence-electron chi connectivity index (χ3n) is 5.42. The first-order chi connectivity index (χ1) is 10.6. The van der Waals surface area contributed by atoms with Crippen molar-refractivity contribution in [3.63, 3.8) is 0 Å². The minimum absolute atomic E-state index is 0.0878. The molecule has 4 heteroatoms. The Bertz CT molecular complexity index is 597. The highest BCUT2D eigenvalue weighted by molar-refractivity contribution is 5.81. The number of nitrogens with zero attached hydrogens (tertiary/aromatic N) is 2. The third-order valence-corrected chi connectivity index (χ3v) is 5.42. The molecule has 2 atom stereocenters. The Hall–Kier alpha value is -1.39. The topological polar surface area (TPSA) is 32.8 Å². The Morgan fingerprint density at radius 3 is 2.86 bits per heavy atom. The van der Waals surface area contributed by atoms with Crippen LogP contribution < -0.4 is 0 Å². The molecule has 2 fully saturated rings. The molecule has 0 unspecified atom stereocenters. The smallest absolute Gasteiger partial charge is 0.251 e. The van der Waals surface area contributed by atoms with Crippen molar-refractivity contribution in [2.75, 3.05) is 27.2 Å². The maximum atomic E-state index is 12.3. The van der Waals surface area contributed by atoms with Gasteiger partial charge in [-0.15, -0.1) is 0 Å². The van der Waals surface area contributed by atoms with E-state index in [1.807, 2.05) is 0 Å². The SMILES string of the molecule is CN(C)C(=O)[C@H]1C[C@@]2(CO1)c1ccccc1CN2CC1CC1. The van der Waals surface area contributed by atoms with Gasteiger partial charge in [-0.2, -0.15) is 0 Å². The van der Waals surface area contributed by atoms with Crippen molar-refractivity contribution in [3.8, 4) is 0 Å². The van der Waals surface area contributed by atoms with Crippen molar-refractivity contribution >= 4 is 5.91 Å². The van der Waals surface area contributed by atoms with Crippen molar-refractivity contribution in [2.45, 2.75) is 37.5 Å². The molecule has 0 bridgehead atoms. The lowest BCUT2D eigenvalue weighted by molar-refractivity contribution is -0.138. The molecule has 3 aliphatic rings. The highest BCUT2D eigenvalue weighted by Crippen LogP contribution is 2.48. The van der Waals surface area contributed by atoms with E-state index in [1.165, 1.54) is 24.0 Å². The number of benzene rings is 1. The number of ether oxygens (including phenoxy) is 1. The number of carbonyl (C=O) groups excluding carboxylic acids is 1. The van der Waals surface area contributed by atoms with Gasteiger partial charge in [-0.1, -0.05) is 24.3 Å². The van der Waals surface area contributed by atoms with E-state index in [0.717, 1.165) is 25.4 Å². The number of rotatable bonds is 3. The lowest BCUT2D eigenvalue weighted by Crippen LogP contribution is -2.43. The number of hydrogen-bond acceptors (Lipinski definition) is 3. The summed E-state index contributed by atoms with van der Waals surface area (Å²) >= 11 is 0. The first-order valence-corrected chi connectivity index (χ1v) is 8.26. The minimum Gasteiger partial charge on any atom is -0.366 e. The van der Waals surface area contributed by atoms with E-state index in [1.54, 1.807) is 19.0 Å². The zero-order valence-electron chi connectivity index (χ0n) is 13.4. The summed E-state index contributed by atoms with van der Waals surface area (Å²) in [5, 5.41) is 0. The molecule has 22 heavy (non-hydrogen) atoms. The van der Waals surface area contributed by atoms with Gasteiger partial charge in [0, 0.05) is 33.6 Å². The molecular formula is C18H24N2O2. The van der Waals surface area contributed by atoms with Gasteiger partial charge in [-0.05, 0) is 29.9 Å². The van der Waals surface area contributed by atoms with Gasteiger partial charge in [0.1, 0.15) is 6.10 Å². The first-order valence-electron chi connectivity index (χ1n) is 8.26. The predicted molar refractivity (Wildman–Crippen MR) is 84.3 cm³/mol. The summed E-state index contributed by atoms with van der Waals surface area (Å²) in [6.45, 7) is 2.78. The van der Waals surface area contributed by atoms with Gasteiger partial charge in [0.05, 0.1) is 12.1 Å². The molecule has 1 saturated heterocycles. The van der Waals surface area contributed by atoms with Gasteiger partial charge in [0.2, 0.25) is 0 Å². The van der Waals surface area contributed by atoms with E-state index in [0.29, 0.717) is 6.61 Å². The summed E-state index contributed by atoms with van der Waals surface area (Å²) in [5.41, 5.74) is 2.70. The molecule has 1 aromatic carbocycles. The number of hydrogen-bond donors (Lipinski definition) is 0. The lowest BCUT2D eigenvalue weighted by atomic mass is 9.86. The predicted octanol–water partition coefficient (Wildman–Crippen LogP) is 1.98. The molecule has 118 valence electrons. The van der Waals surface area contributed by atoms with Gasteiger partial charge in [0.15, 0.2) is 0 Å². The zero-order chi connectivity index (χ0) is 15.3. The lowest BCUT2D eigenvalue weighted by Gasteiger charge is -2.35. The van der Waals surface area contributed by atoms with E-state index in [-0.39, 0.29) is 17.6 Å². The van der Waals surface area contributed by atoms with Crippen molar-refractivity contribution in [1.29, 1.82) is 0 Å². The largest absolute Gasteiger partial charge is 0.366 e. The van der Waals surface area contributed by atoms with Crippen molar-refractivity contribution in [2.24, 2.45) is 5.92 Å². The molecule has 4 nitrogen and oxygen atoms in total. The second-order valence-corrected chi connectivity index (χ2v) is 7.25. The molecular weight excluding hydrogens is 276 g/mol. The molecule has 1 spiro atoms. The molecule has 2 heterocycles. The van der Waals surface area contributed by atoms with Gasteiger partial charge in [-0.25, -0.2) is 0 Å². The molecule has 0 aromatic heterocycles. The van der Waals surface area contributed by atoms with Crippen LogP contribution in [0.25, 0.3) is 0 Å². The van der Waals surface area contributed by atoms with Crippen LogP contribution in [-0.2, 0) is 21.6 Å². The van der Waals surface area contributed by atoms with Crippen LogP contribution in [0.15, 0.2) is 24.3 Å². The fourth-order valence-electron chi connectivity index (χ4n) is 4.01. The highest BCUT2D eigenvalue weighted by Gasteiger charge is 2.53. The maximum absolute atomic E-state index is 12.3. The summed E-state index contributed by atoms with van der Waals surface area (Å²) in [5.74, 6) is 0.933. The van der Waals surface area contributed by atoms with E-state index < -0.39 is 0 Å². The molecule has 1 aromatic rings. The summed E-state index contributed by atoms with van der Waals surface area (Å²) in [4.78, 5) is 16.6. The highest BCUT2D eigenvalue weighted by atomic mass is 16.5. The molecule has 0 radical (unpaired) electrons.